The number of hydrogen-bond donors (Lipinski definition) is 2. The molecule has 1 heterocycles. The molecule has 1 fully saturated rings. The van der Waals surface area contributed by atoms with Crippen molar-refractivity contribution in [1.29, 1.82) is 0 Å². The minimum absolute atomic E-state index is 0.0293. The van der Waals surface area contributed by atoms with Crippen LogP contribution in [0.25, 0.3) is 0 Å². The van der Waals surface area contributed by atoms with Crippen LogP contribution in [0.4, 0.5) is 0 Å². The van der Waals surface area contributed by atoms with Crippen LogP contribution in [-0.4, -0.2) is 119 Å². The van der Waals surface area contributed by atoms with Crippen LogP contribution in [0.2, 0.25) is 18.1 Å². The van der Waals surface area contributed by atoms with Gasteiger partial charge in [0.05, 0.1) is 31.6 Å². The highest BCUT2D eigenvalue weighted by molar-refractivity contribution is 7.86. The van der Waals surface area contributed by atoms with Crippen molar-refractivity contribution < 1.29 is 65.1 Å². The summed E-state index contributed by atoms with van der Waals surface area (Å²) in [6.45, 7) is 19.0. The van der Waals surface area contributed by atoms with E-state index in [4.69, 9.17) is 23.2 Å². The second-order valence-electron chi connectivity index (χ2n) is 15.4. The lowest BCUT2D eigenvalue weighted by molar-refractivity contribution is -0.159. The van der Waals surface area contributed by atoms with Crippen LogP contribution in [-0.2, 0) is 61.7 Å². The second kappa shape index (κ2) is 18.9. The Hall–Kier alpha value is -3.45. The Bertz CT molecular complexity index is 1440. The minimum atomic E-state index is -3.97. The van der Waals surface area contributed by atoms with Gasteiger partial charge in [-0.3, -0.25) is 18.6 Å². The van der Waals surface area contributed by atoms with E-state index in [0.29, 0.717) is 37.3 Å². The molecule has 2 atom stereocenters. The fraction of sp³-hybridized carbons (Fsp3) is 0.697. The summed E-state index contributed by atoms with van der Waals surface area (Å²) in [4.78, 5) is 73.1. The number of likely N-dealkylation sites (tertiary alicyclic amines) is 1. The fourth-order valence-corrected chi connectivity index (χ4v) is 6.09. The summed E-state index contributed by atoms with van der Waals surface area (Å²) in [5, 5.41) is 11.0. The van der Waals surface area contributed by atoms with Gasteiger partial charge < -0.3 is 34.0 Å². The highest BCUT2D eigenvalue weighted by Gasteiger charge is 2.42. The molecule has 290 valence electrons. The Balaban J connectivity index is 2.79. The number of carbonyl (C=O) groups excluding carboxylic acids is 5. The molecule has 1 aliphatic heterocycles. The molecule has 0 saturated carbocycles. The van der Waals surface area contributed by atoms with E-state index >= 15 is 0 Å². The normalized spacial score (nSPS) is 17.6. The first-order chi connectivity index (χ1) is 23.1. The van der Waals surface area contributed by atoms with Gasteiger partial charge in [0.15, 0.2) is 8.32 Å². The molecule has 0 bridgehead atoms. The van der Waals surface area contributed by atoms with E-state index in [9.17, 15) is 37.2 Å². The Kier molecular flexibility index (Phi) is 16.9. The quantitative estimate of drug-likeness (QED) is 0.0483. The third-order valence-corrected chi connectivity index (χ3v) is 13.6. The van der Waals surface area contributed by atoms with Crippen molar-refractivity contribution in [3.63, 3.8) is 0 Å². The van der Waals surface area contributed by atoms with Gasteiger partial charge in [-0.1, -0.05) is 34.6 Å². The standard InChI is InChI=1S/C33H54N2O14SSi/c1-31(2,3)49-29(41)20-35-23(19-24(30(35)42)34-25(36)11-13-27(39)48-28(40)14-12-26(37)38)21-45-17-18-50(43,44)46-22-33(7,8)15-16-47-51(9,10)32(4,5)6/h11-14,23-24H,15-22H2,1-10H3,(H,34,36)(H,37,38)/b13-11?,14-12-/t23-,24-/m0/s1. The molecule has 1 saturated heterocycles. The first kappa shape index (κ1) is 45.6. The molecular formula is C33H54N2O14SSi. The summed E-state index contributed by atoms with van der Waals surface area (Å²) >= 11 is 0. The molecule has 0 unspecified atom stereocenters. The van der Waals surface area contributed by atoms with E-state index in [-0.39, 0.29) is 31.3 Å². The van der Waals surface area contributed by atoms with Crippen molar-refractivity contribution >= 4 is 54.1 Å². The number of hydrogen-bond acceptors (Lipinski definition) is 13. The molecule has 0 aromatic carbocycles. The maximum absolute atomic E-state index is 13.2. The summed E-state index contributed by atoms with van der Waals surface area (Å²) in [6, 6.07) is -1.91. The number of ether oxygens (including phenoxy) is 3. The van der Waals surface area contributed by atoms with Gasteiger partial charge in [0.2, 0.25) is 11.8 Å². The van der Waals surface area contributed by atoms with Crippen LogP contribution in [0.15, 0.2) is 24.3 Å². The van der Waals surface area contributed by atoms with Gasteiger partial charge in [0, 0.05) is 30.9 Å². The summed E-state index contributed by atoms with van der Waals surface area (Å²) in [5.41, 5.74) is -1.32. The maximum atomic E-state index is 13.2. The molecule has 1 aliphatic rings. The van der Waals surface area contributed by atoms with Crippen molar-refractivity contribution in [3.05, 3.63) is 24.3 Å². The first-order valence-corrected chi connectivity index (χ1v) is 20.9. The lowest BCUT2D eigenvalue weighted by atomic mass is 9.91. The smallest absolute Gasteiger partial charge is 0.338 e. The van der Waals surface area contributed by atoms with Gasteiger partial charge in [-0.2, -0.15) is 8.42 Å². The third-order valence-electron chi connectivity index (χ3n) is 7.96. The summed E-state index contributed by atoms with van der Waals surface area (Å²) in [5.74, 6) is -6.72. The number of carbonyl (C=O) groups is 6. The van der Waals surface area contributed by atoms with Crippen LogP contribution in [0.1, 0.15) is 68.2 Å². The Morgan fingerprint density at radius 3 is 2.08 bits per heavy atom. The van der Waals surface area contributed by atoms with E-state index in [1.807, 2.05) is 13.8 Å². The monoisotopic (exact) mass is 762 g/mol. The minimum Gasteiger partial charge on any atom is -0.478 e. The summed E-state index contributed by atoms with van der Waals surface area (Å²) in [7, 11) is -5.92. The van der Waals surface area contributed by atoms with Crippen LogP contribution in [0, 0.1) is 5.41 Å². The molecule has 16 nitrogen and oxygen atoms in total. The van der Waals surface area contributed by atoms with Crippen LogP contribution < -0.4 is 5.32 Å². The van der Waals surface area contributed by atoms with Crippen LogP contribution in [0.3, 0.4) is 0 Å². The lowest BCUT2D eigenvalue weighted by Crippen LogP contribution is -2.45. The second-order valence-corrected chi connectivity index (χ2v) is 21.9. The van der Waals surface area contributed by atoms with Crippen molar-refractivity contribution in [2.24, 2.45) is 5.41 Å². The third kappa shape index (κ3) is 18.0. The SMILES string of the molecule is CC(C)(CCO[Si](C)(C)C(C)(C)C)COS(=O)(=O)CCOC[C@@H]1C[C@H](NC(=O)C=CC(=O)OC(=O)/C=C\C(=O)O)C(=O)N1CC(=O)OC(C)(C)C. The van der Waals surface area contributed by atoms with E-state index < -0.39 is 89.5 Å². The van der Waals surface area contributed by atoms with Gasteiger partial charge >= 0.3 is 23.9 Å². The first-order valence-electron chi connectivity index (χ1n) is 16.4. The average Bonchev–Trinajstić information content (AvgIpc) is 3.23. The van der Waals surface area contributed by atoms with Gasteiger partial charge in [-0.15, -0.1) is 0 Å². The lowest BCUT2D eigenvalue weighted by Gasteiger charge is -2.37. The predicted molar refractivity (Wildman–Crippen MR) is 187 cm³/mol. The van der Waals surface area contributed by atoms with Gasteiger partial charge in [-0.25, -0.2) is 14.4 Å². The number of carboxylic acid groups (broad SMARTS) is 1. The Morgan fingerprint density at radius 1 is 0.941 bits per heavy atom. The molecule has 0 aromatic rings. The molecule has 2 N–H and O–H groups in total. The number of esters is 3. The molecular weight excluding hydrogens is 709 g/mol. The topological polar surface area (TPSA) is 218 Å². The molecule has 18 heteroatoms. The van der Waals surface area contributed by atoms with Gasteiger partial charge in [0.25, 0.3) is 10.1 Å². The van der Waals surface area contributed by atoms with Crippen molar-refractivity contribution in [2.45, 2.75) is 104 Å². The zero-order valence-electron chi connectivity index (χ0n) is 31.2. The van der Waals surface area contributed by atoms with E-state index in [2.05, 4.69) is 43.9 Å². The number of nitrogens with one attached hydrogen (secondary N) is 1. The van der Waals surface area contributed by atoms with Crippen molar-refractivity contribution in [2.75, 3.05) is 38.7 Å². The zero-order chi connectivity index (χ0) is 39.4. The van der Waals surface area contributed by atoms with Crippen molar-refractivity contribution in [1.82, 2.24) is 10.2 Å². The highest BCUT2D eigenvalue weighted by Crippen LogP contribution is 2.37. The highest BCUT2D eigenvalue weighted by atomic mass is 32.2. The number of nitrogens with zero attached hydrogens (tertiary/aromatic N) is 1. The number of rotatable bonds is 19. The Morgan fingerprint density at radius 2 is 1.53 bits per heavy atom. The Labute approximate surface area is 301 Å². The van der Waals surface area contributed by atoms with Gasteiger partial charge in [-0.05, 0) is 57.2 Å². The molecule has 0 spiro atoms. The summed E-state index contributed by atoms with van der Waals surface area (Å²) in [6.07, 6.45) is 2.84. The zero-order valence-corrected chi connectivity index (χ0v) is 33.0. The van der Waals surface area contributed by atoms with E-state index in [1.165, 1.54) is 0 Å². The van der Waals surface area contributed by atoms with Gasteiger partial charge in [0.1, 0.15) is 18.2 Å². The molecule has 0 aromatic heterocycles. The average molecular weight is 763 g/mol. The van der Waals surface area contributed by atoms with Crippen molar-refractivity contribution in [3.8, 4) is 0 Å². The van der Waals surface area contributed by atoms with E-state index in [1.54, 1.807) is 20.8 Å². The largest absolute Gasteiger partial charge is 0.478 e. The fourth-order valence-electron chi connectivity index (χ4n) is 4.11. The molecule has 0 aliphatic carbocycles. The number of carboxylic acids is 1. The molecule has 1 rings (SSSR count). The number of amides is 2. The molecule has 0 radical (unpaired) electrons. The maximum Gasteiger partial charge on any atom is 0.338 e. The summed E-state index contributed by atoms with van der Waals surface area (Å²) < 4.78 is 52.0. The molecule has 51 heavy (non-hydrogen) atoms. The van der Waals surface area contributed by atoms with E-state index in [0.717, 1.165) is 4.90 Å². The van der Waals surface area contributed by atoms with Crippen LogP contribution in [0.5, 0.6) is 0 Å². The predicted octanol–water partition coefficient (Wildman–Crippen LogP) is 2.48. The number of aliphatic carboxylic acids is 1. The van der Waals surface area contributed by atoms with Crippen LogP contribution >= 0.6 is 0 Å². The molecule has 2 amide bonds.